The van der Waals surface area contributed by atoms with Gasteiger partial charge in [0.15, 0.2) is 0 Å². The molecule has 0 amide bonds. The van der Waals surface area contributed by atoms with Crippen molar-refractivity contribution in [2.24, 2.45) is 5.92 Å². The normalized spacial score (nSPS) is 17.8. The third-order valence-corrected chi connectivity index (χ3v) is 4.26. The average Bonchev–Trinajstić information content (AvgIpc) is 2.43. The maximum absolute atomic E-state index is 3.30. The molecule has 1 fully saturated rings. The van der Waals surface area contributed by atoms with Crippen LogP contribution in [0.1, 0.15) is 30.4 Å². The molecule has 1 heterocycles. The molecule has 1 aromatic rings. The summed E-state index contributed by atoms with van der Waals surface area (Å²) in [6.07, 6.45) is 5.24. The van der Waals surface area contributed by atoms with E-state index in [1.165, 1.54) is 63.0 Å². The smallest absolute Gasteiger partial charge is 0.00156 e. The van der Waals surface area contributed by atoms with Crippen LogP contribution in [0.25, 0.3) is 0 Å². The summed E-state index contributed by atoms with van der Waals surface area (Å²) < 4.78 is 0. The highest BCUT2D eigenvalue weighted by Crippen LogP contribution is 2.16. The van der Waals surface area contributed by atoms with Crippen molar-refractivity contribution >= 4 is 0 Å². The van der Waals surface area contributed by atoms with Crippen LogP contribution in [-0.4, -0.2) is 38.1 Å². The molecule has 1 saturated heterocycles. The van der Waals surface area contributed by atoms with E-state index in [1.807, 2.05) is 0 Å². The number of rotatable bonds is 6. The minimum atomic E-state index is 0.901. The Labute approximate surface area is 118 Å². The Morgan fingerprint density at radius 3 is 2.47 bits per heavy atom. The van der Waals surface area contributed by atoms with Gasteiger partial charge < -0.3 is 10.2 Å². The highest BCUT2D eigenvalue weighted by atomic mass is 15.1. The van der Waals surface area contributed by atoms with Crippen LogP contribution in [0.3, 0.4) is 0 Å². The second-order valence-corrected chi connectivity index (χ2v) is 5.93. The van der Waals surface area contributed by atoms with Crippen molar-refractivity contribution in [1.29, 1.82) is 0 Å². The summed E-state index contributed by atoms with van der Waals surface area (Å²) in [5.74, 6) is 0.901. The van der Waals surface area contributed by atoms with Gasteiger partial charge in [-0.15, -0.1) is 0 Å². The predicted octanol–water partition coefficient (Wildman–Crippen LogP) is 2.86. The van der Waals surface area contributed by atoms with Crippen molar-refractivity contribution < 1.29 is 0 Å². The molecular weight excluding hydrogens is 232 g/mol. The van der Waals surface area contributed by atoms with E-state index in [0.29, 0.717) is 0 Å². The second-order valence-electron chi connectivity index (χ2n) is 5.93. The van der Waals surface area contributed by atoms with E-state index in [0.717, 1.165) is 5.92 Å². The van der Waals surface area contributed by atoms with Gasteiger partial charge in [0.1, 0.15) is 0 Å². The Morgan fingerprint density at radius 1 is 1.16 bits per heavy atom. The molecule has 0 aliphatic carbocycles. The van der Waals surface area contributed by atoms with Gasteiger partial charge in [-0.1, -0.05) is 29.8 Å². The van der Waals surface area contributed by atoms with Crippen LogP contribution in [0.5, 0.6) is 0 Å². The van der Waals surface area contributed by atoms with Gasteiger partial charge in [0.25, 0.3) is 0 Å². The van der Waals surface area contributed by atoms with E-state index < -0.39 is 0 Å². The number of hydrogen-bond acceptors (Lipinski definition) is 2. The summed E-state index contributed by atoms with van der Waals surface area (Å²) in [4.78, 5) is 2.64. The van der Waals surface area contributed by atoms with Crippen molar-refractivity contribution in [2.45, 2.75) is 32.6 Å². The third-order valence-electron chi connectivity index (χ3n) is 4.26. The van der Waals surface area contributed by atoms with Gasteiger partial charge in [0.05, 0.1) is 0 Å². The lowest BCUT2D eigenvalue weighted by Crippen LogP contribution is -2.37. The number of hydrogen-bond donors (Lipinski definition) is 1. The minimum absolute atomic E-state index is 0.901. The Morgan fingerprint density at radius 2 is 1.84 bits per heavy atom. The fraction of sp³-hybridized carbons (Fsp3) is 0.647. The van der Waals surface area contributed by atoms with Crippen LogP contribution in [-0.2, 0) is 6.42 Å². The van der Waals surface area contributed by atoms with Gasteiger partial charge >= 0.3 is 0 Å². The average molecular weight is 260 g/mol. The fourth-order valence-corrected chi connectivity index (χ4v) is 2.96. The number of nitrogens with zero attached hydrogens (tertiary/aromatic N) is 1. The first kappa shape index (κ1) is 14.5. The molecule has 0 bridgehead atoms. The molecule has 0 atom stereocenters. The van der Waals surface area contributed by atoms with Gasteiger partial charge in [0.2, 0.25) is 0 Å². The maximum atomic E-state index is 3.30. The zero-order valence-corrected chi connectivity index (χ0v) is 12.5. The molecule has 0 aromatic heterocycles. The summed E-state index contributed by atoms with van der Waals surface area (Å²) in [5.41, 5.74) is 2.84. The standard InChI is InChI=1S/C17H28N2/c1-15-5-7-16(8-6-15)4-3-11-19-12-9-17(10-13-19)14-18-2/h5-8,17-18H,3-4,9-14H2,1-2H3. The van der Waals surface area contributed by atoms with Gasteiger partial charge in [-0.2, -0.15) is 0 Å². The summed E-state index contributed by atoms with van der Waals surface area (Å²) in [6, 6.07) is 8.99. The lowest BCUT2D eigenvalue weighted by molar-refractivity contribution is 0.182. The Bertz CT molecular complexity index is 350. The van der Waals surface area contributed by atoms with E-state index in [4.69, 9.17) is 0 Å². The Balaban J connectivity index is 1.63. The van der Waals surface area contributed by atoms with Crippen LogP contribution in [0.15, 0.2) is 24.3 Å². The predicted molar refractivity (Wildman–Crippen MR) is 82.6 cm³/mol. The zero-order valence-electron chi connectivity index (χ0n) is 12.5. The SMILES string of the molecule is CNCC1CCN(CCCc2ccc(C)cc2)CC1. The molecular formula is C17H28N2. The van der Waals surface area contributed by atoms with Crippen molar-refractivity contribution in [3.8, 4) is 0 Å². The molecule has 0 unspecified atom stereocenters. The number of benzene rings is 1. The molecule has 1 aromatic carbocycles. The van der Waals surface area contributed by atoms with Gasteiger partial charge in [-0.25, -0.2) is 0 Å². The van der Waals surface area contributed by atoms with E-state index in [-0.39, 0.29) is 0 Å². The molecule has 0 spiro atoms. The summed E-state index contributed by atoms with van der Waals surface area (Å²) in [7, 11) is 2.06. The third kappa shape index (κ3) is 4.96. The number of aryl methyl sites for hydroxylation is 2. The first-order chi connectivity index (χ1) is 9.28. The topological polar surface area (TPSA) is 15.3 Å². The van der Waals surface area contributed by atoms with E-state index in [9.17, 15) is 0 Å². The van der Waals surface area contributed by atoms with E-state index >= 15 is 0 Å². The fourth-order valence-electron chi connectivity index (χ4n) is 2.96. The highest BCUT2D eigenvalue weighted by molar-refractivity contribution is 5.21. The molecule has 2 rings (SSSR count). The minimum Gasteiger partial charge on any atom is -0.319 e. The molecule has 2 nitrogen and oxygen atoms in total. The lowest BCUT2D eigenvalue weighted by Gasteiger charge is -2.31. The van der Waals surface area contributed by atoms with Crippen LogP contribution in [0.4, 0.5) is 0 Å². The van der Waals surface area contributed by atoms with E-state index in [2.05, 4.69) is 48.5 Å². The Kier molecular flexibility index (Phi) is 5.87. The molecule has 1 aliphatic rings. The second kappa shape index (κ2) is 7.66. The molecule has 0 radical (unpaired) electrons. The monoisotopic (exact) mass is 260 g/mol. The van der Waals surface area contributed by atoms with Crippen molar-refractivity contribution in [3.05, 3.63) is 35.4 Å². The van der Waals surface area contributed by atoms with Crippen molar-refractivity contribution in [1.82, 2.24) is 10.2 Å². The molecule has 2 heteroatoms. The van der Waals surface area contributed by atoms with Crippen molar-refractivity contribution in [2.75, 3.05) is 33.2 Å². The van der Waals surface area contributed by atoms with Gasteiger partial charge in [-0.05, 0) is 77.3 Å². The summed E-state index contributed by atoms with van der Waals surface area (Å²) in [5, 5.41) is 3.30. The largest absolute Gasteiger partial charge is 0.319 e. The maximum Gasteiger partial charge on any atom is -0.00156 e. The number of nitrogens with one attached hydrogen (secondary N) is 1. The highest BCUT2D eigenvalue weighted by Gasteiger charge is 2.17. The lowest BCUT2D eigenvalue weighted by atomic mass is 9.96. The molecule has 0 saturated carbocycles. The first-order valence-electron chi connectivity index (χ1n) is 7.70. The molecule has 1 N–H and O–H groups in total. The Hall–Kier alpha value is -0.860. The number of piperidine rings is 1. The van der Waals surface area contributed by atoms with Gasteiger partial charge in [-0.3, -0.25) is 0 Å². The van der Waals surface area contributed by atoms with Crippen LogP contribution >= 0.6 is 0 Å². The van der Waals surface area contributed by atoms with E-state index in [1.54, 1.807) is 0 Å². The van der Waals surface area contributed by atoms with Crippen LogP contribution < -0.4 is 5.32 Å². The van der Waals surface area contributed by atoms with Crippen molar-refractivity contribution in [3.63, 3.8) is 0 Å². The summed E-state index contributed by atoms with van der Waals surface area (Å²) in [6.45, 7) is 7.19. The number of likely N-dealkylation sites (tertiary alicyclic amines) is 1. The summed E-state index contributed by atoms with van der Waals surface area (Å²) >= 11 is 0. The zero-order chi connectivity index (χ0) is 13.5. The van der Waals surface area contributed by atoms with Crippen LogP contribution in [0, 0.1) is 12.8 Å². The molecule has 19 heavy (non-hydrogen) atoms. The first-order valence-corrected chi connectivity index (χ1v) is 7.70. The van der Waals surface area contributed by atoms with Crippen LogP contribution in [0.2, 0.25) is 0 Å². The molecule has 106 valence electrons. The quantitative estimate of drug-likeness (QED) is 0.846. The van der Waals surface area contributed by atoms with Gasteiger partial charge in [0, 0.05) is 0 Å². The molecule has 1 aliphatic heterocycles.